The molecule has 2 fully saturated rings. The highest BCUT2D eigenvalue weighted by atomic mass is 32.2. The van der Waals surface area contributed by atoms with E-state index < -0.39 is 9.84 Å². The van der Waals surface area contributed by atoms with Gasteiger partial charge in [0.1, 0.15) is 9.84 Å². The number of amides is 2. The molecule has 0 aromatic heterocycles. The van der Waals surface area contributed by atoms with Gasteiger partial charge in [-0.25, -0.2) is 13.2 Å². The summed E-state index contributed by atoms with van der Waals surface area (Å²) in [5, 5.41) is 3.01. The Bertz CT molecular complexity index is 444. The summed E-state index contributed by atoms with van der Waals surface area (Å²) >= 11 is 0. The Morgan fingerprint density at radius 3 is 2.24 bits per heavy atom. The van der Waals surface area contributed by atoms with Crippen LogP contribution in [0.5, 0.6) is 0 Å². The van der Waals surface area contributed by atoms with E-state index in [1.807, 2.05) is 18.7 Å². The summed E-state index contributed by atoms with van der Waals surface area (Å²) in [4.78, 5) is 14.2. The Morgan fingerprint density at radius 1 is 1.14 bits per heavy atom. The number of carbonyl (C=O) groups excluding carboxylic acids is 1. The Kier molecular flexibility index (Phi) is 5.52. The Labute approximate surface area is 128 Å². The van der Waals surface area contributed by atoms with E-state index in [1.54, 1.807) is 0 Å². The predicted octanol–water partition coefficient (Wildman–Crippen LogP) is 2.03. The average molecular weight is 316 g/mol. The Hall–Kier alpha value is -0.780. The second-order valence-corrected chi connectivity index (χ2v) is 9.13. The van der Waals surface area contributed by atoms with Gasteiger partial charge in [0, 0.05) is 19.1 Å². The maximum absolute atomic E-state index is 12.3. The van der Waals surface area contributed by atoms with Crippen molar-refractivity contribution >= 4 is 15.9 Å². The summed E-state index contributed by atoms with van der Waals surface area (Å²) in [5.41, 5.74) is 0. The number of hydrogen-bond donors (Lipinski definition) is 1. The van der Waals surface area contributed by atoms with E-state index in [2.05, 4.69) is 5.32 Å². The Morgan fingerprint density at radius 2 is 1.76 bits per heavy atom. The highest BCUT2D eigenvalue weighted by molar-refractivity contribution is 7.91. The lowest BCUT2D eigenvalue weighted by atomic mass is 9.85. The van der Waals surface area contributed by atoms with Gasteiger partial charge >= 0.3 is 6.03 Å². The third-order valence-corrected chi connectivity index (χ3v) is 6.50. The quantitative estimate of drug-likeness (QED) is 0.844. The largest absolute Gasteiger partial charge is 0.338 e. The highest BCUT2D eigenvalue weighted by Gasteiger charge is 2.27. The first kappa shape index (κ1) is 16.6. The fourth-order valence-corrected chi connectivity index (χ4v) is 4.55. The molecule has 1 aliphatic carbocycles. The van der Waals surface area contributed by atoms with Crippen LogP contribution in [0.15, 0.2) is 0 Å². The van der Waals surface area contributed by atoms with Crippen molar-refractivity contribution in [1.82, 2.24) is 10.2 Å². The smallest absolute Gasteiger partial charge is 0.317 e. The summed E-state index contributed by atoms with van der Waals surface area (Å²) in [6.45, 7) is 5.54. The van der Waals surface area contributed by atoms with Crippen molar-refractivity contribution < 1.29 is 13.2 Å². The van der Waals surface area contributed by atoms with Crippen LogP contribution < -0.4 is 5.32 Å². The van der Waals surface area contributed by atoms with Gasteiger partial charge in [0.05, 0.1) is 11.5 Å². The number of urea groups is 1. The number of hydrogen-bond acceptors (Lipinski definition) is 3. The maximum Gasteiger partial charge on any atom is 0.317 e. The van der Waals surface area contributed by atoms with Crippen LogP contribution in [0.25, 0.3) is 0 Å². The predicted molar refractivity (Wildman–Crippen MR) is 84.0 cm³/mol. The lowest BCUT2D eigenvalue weighted by molar-refractivity contribution is 0.149. The van der Waals surface area contributed by atoms with E-state index in [0.29, 0.717) is 31.2 Å². The zero-order valence-corrected chi connectivity index (χ0v) is 14.0. The highest BCUT2D eigenvalue weighted by Crippen LogP contribution is 2.27. The van der Waals surface area contributed by atoms with Crippen molar-refractivity contribution in [2.75, 3.05) is 24.6 Å². The molecule has 5 nitrogen and oxygen atoms in total. The van der Waals surface area contributed by atoms with Crippen LogP contribution in [-0.4, -0.2) is 50.0 Å². The third-order valence-electron chi connectivity index (χ3n) is 4.78. The number of nitrogens with one attached hydrogen (secondary N) is 1. The molecule has 1 aliphatic heterocycles. The second kappa shape index (κ2) is 6.99. The molecule has 0 unspecified atom stereocenters. The van der Waals surface area contributed by atoms with Gasteiger partial charge in [0.2, 0.25) is 0 Å². The van der Waals surface area contributed by atoms with Gasteiger partial charge in [-0.2, -0.15) is 0 Å². The van der Waals surface area contributed by atoms with E-state index in [1.165, 1.54) is 19.3 Å². The van der Waals surface area contributed by atoms with Crippen molar-refractivity contribution in [1.29, 1.82) is 0 Å². The fourth-order valence-electron chi connectivity index (χ4n) is 2.96. The minimum Gasteiger partial charge on any atom is -0.338 e. The number of rotatable bonds is 5. The summed E-state index contributed by atoms with van der Waals surface area (Å²) in [6, 6.07) is 0.211. The van der Waals surface area contributed by atoms with Gasteiger partial charge < -0.3 is 10.2 Å². The molecule has 0 aromatic carbocycles. The van der Waals surface area contributed by atoms with Crippen LogP contribution in [0, 0.1) is 11.8 Å². The molecule has 21 heavy (non-hydrogen) atoms. The molecule has 1 saturated carbocycles. The molecule has 0 atom stereocenters. The molecule has 0 bridgehead atoms. The standard InChI is InChI=1S/C15H28N2O3S/c1-12(2)17(11-14-4-3-5-14)15(18)16-10-13-6-8-21(19,20)9-7-13/h12-14H,3-11H2,1-2H3,(H,16,18). The topological polar surface area (TPSA) is 66.5 Å². The lowest BCUT2D eigenvalue weighted by Gasteiger charge is -2.35. The minimum absolute atomic E-state index is 0.00494. The van der Waals surface area contributed by atoms with Gasteiger partial charge in [0.25, 0.3) is 0 Å². The minimum atomic E-state index is -2.82. The maximum atomic E-state index is 12.3. The number of sulfone groups is 1. The monoisotopic (exact) mass is 316 g/mol. The van der Waals surface area contributed by atoms with Crippen LogP contribution in [0.4, 0.5) is 4.79 Å². The van der Waals surface area contributed by atoms with Crippen LogP contribution in [0.2, 0.25) is 0 Å². The van der Waals surface area contributed by atoms with Gasteiger partial charge in [-0.3, -0.25) is 0 Å². The summed E-state index contributed by atoms with van der Waals surface area (Å²) in [6.07, 6.45) is 5.10. The summed E-state index contributed by atoms with van der Waals surface area (Å²) in [5.74, 6) is 1.50. The molecule has 6 heteroatoms. The molecule has 1 N–H and O–H groups in total. The summed E-state index contributed by atoms with van der Waals surface area (Å²) in [7, 11) is -2.82. The van der Waals surface area contributed by atoms with Gasteiger partial charge in [-0.05, 0) is 51.4 Å². The fraction of sp³-hybridized carbons (Fsp3) is 0.933. The van der Waals surface area contributed by atoms with Crippen molar-refractivity contribution in [2.24, 2.45) is 11.8 Å². The second-order valence-electron chi connectivity index (χ2n) is 6.82. The van der Waals surface area contributed by atoms with Crippen molar-refractivity contribution in [3.05, 3.63) is 0 Å². The molecular formula is C15H28N2O3S. The van der Waals surface area contributed by atoms with Crippen molar-refractivity contribution in [2.45, 2.75) is 52.0 Å². The molecule has 2 rings (SSSR count). The molecule has 0 aromatic rings. The molecule has 0 radical (unpaired) electrons. The van der Waals surface area contributed by atoms with Gasteiger partial charge in [0.15, 0.2) is 0 Å². The van der Waals surface area contributed by atoms with Crippen LogP contribution >= 0.6 is 0 Å². The van der Waals surface area contributed by atoms with E-state index in [9.17, 15) is 13.2 Å². The van der Waals surface area contributed by atoms with Crippen molar-refractivity contribution in [3.63, 3.8) is 0 Å². The van der Waals surface area contributed by atoms with Crippen LogP contribution in [0.1, 0.15) is 46.0 Å². The average Bonchev–Trinajstić information content (AvgIpc) is 2.35. The SMILES string of the molecule is CC(C)N(CC1CCC1)C(=O)NCC1CCS(=O)(=O)CC1. The first-order valence-electron chi connectivity index (χ1n) is 8.12. The molecule has 1 heterocycles. The summed E-state index contributed by atoms with van der Waals surface area (Å²) < 4.78 is 22.8. The number of nitrogens with zero attached hydrogens (tertiary/aromatic N) is 1. The normalized spacial score (nSPS) is 22.8. The van der Waals surface area contributed by atoms with E-state index in [4.69, 9.17) is 0 Å². The van der Waals surface area contributed by atoms with Crippen LogP contribution in [-0.2, 0) is 9.84 Å². The molecule has 2 aliphatic rings. The zero-order chi connectivity index (χ0) is 15.5. The zero-order valence-electron chi connectivity index (χ0n) is 13.2. The first-order chi connectivity index (χ1) is 9.87. The first-order valence-corrected chi connectivity index (χ1v) is 9.94. The lowest BCUT2D eigenvalue weighted by Crippen LogP contribution is -2.48. The van der Waals surface area contributed by atoms with E-state index in [-0.39, 0.29) is 23.6 Å². The molecule has 1 saturated heterocycles. The molecule has 122 valence electrons. The molecule has 2 amide bonds. The van der Waals surface area contributed by atoms with E-state index in [0.717, 1.165) is 6.54 Å². The van der Waals surface area contributed by atoms with Crippen LogP contribution in [0.3, 0.4) is 0 Å². The third kappa shape index (κ3) is 4.87. The van der Waals surface area contributed by atoms with Gasteiger partial charge in [-0.15, -0.1) is 0 Å². The van der Waals surface area contributed by atoms with E-state index >= 15 is 0 Å². The molecular weight excluding hydrogens is 288 g/mol. The number of carbonyl (C=O) groups is 1. The molecule has 0 spiro atoms. The van der Waals surface area contributed by atoms with Gasteiger partial charge in [-0.1, -0.05) is 6.42 Å². The Balaban J connectivity index is 1.76. The van der Waals surface area contributed by atoms with Crippen molar-refractivity contribution in [3.8, 4) is 0 Å².